The smallest absolute Gasteiger partial charge is 0.313 e. The number of hydrogen-bond acceptors (Lipinski definition) is 5. The quantitative estimate of drug-likeness (QED) is 0.588. The van der Waals surface area contributed by atoms with Crippen LogP contribution in [0.25, 0.3) is 0 Å². The number of carbonyl (C=O) groups excluding carboxylic acids is 2. The zero-order valence-corrected chi connectivity index (χ0v) is 14.6. The van der Waals surface area contributed by atoms with Gasteiger partial charge in [-0.1, -0.05) is 29.3 Å². The van der Waals surface area contributed by atoms with Gasteiger partial charge in [-0.3, -0.25) is 9.59 Å². The summed E-state index contributed by atoms with van der Waals surface area (Å²) in [6, 6.07) is 7.23. The molecule has 0 N–H and O–H groups in total. The van der Waals surface area contributed by atoms with Crippen LogP contribution in [0.2, 0.25) is 0 Å². The predicted molar refractivity (Wildman–Crippen MR) is 89.6 cm³/mol. The minimum Gasteiger partial charge on any atom is -0.496 e. The first-order valence-corrected chi connectivity index (χ1v) is 8.06. The summed E-state index contributed by atoms with van der Waals surface area (Å²) >= 11 is 0. The number of hydrogen-bond donors (Lipinski definition) is 0. The Morgan fingerprint density at radius 1 is 1.25 bits per heavy atom. The van der Waals surface area contributed by atoms with Crippen LogP contribution in [-0.2, 0) is 19.1 Å². The third-order valence-corrected chi connectivity index (χ3v) is 4.33. The molecule has 1 aliphatic heterocycles. The van der Waals surface area contributed by atoms with E-state index in [4.69, 9.17) is 14.2 Å². The molecule has 0 spiro atoms. The molecule has 5 heteroatoms. The Kier molecular flexibility index (Phi) is 6.01. The SMILES string of the molecule is COc1ccccc1[C@@H]1OC(=O)C[C@H]1C(=O)OCCC(C)=C(C)C. The van der Waals surface area contributed by atoms with Crippen molar-refractivity contribution in [2.24, 2.45) is 5.92 Å². The fraction of sp³-hybridized carbons (Fsp3) is 0.474. The van der Waals surface area contributed by atoms with Crippen molar-refractivity contribution in [1.82, 2.24) is 0 Å². The number of para-hydroxylation sites is 1. The molecule has 2 atom stereocenters. The highest BCUT2D eigenvalue weighted by atomic mass is 16.6. The number of esters is 2. The summed E-state index contributed by atoms with van der Waals surface area (Å²) in [5.74, 6) is -0.845. The summed E-state index contributed by atoms with van der Waals surface area (Å²) in [6.45, 7) is 6.37. The molecule has 1 heterocycles. The van der Waals surface area contributed by atoms with Gasteiger partial charge >= 0.3 is 11.9 Å². The molecule has 2 rings (SSSR count). The molecule has 5 nitrogen and oxygen atoms in total. The van der Waals surface area contributed by atoms with E-state index in [2.05, 4.69) is 0 Å². The first kappa shape index (κ1) is 18.0. The van der Waals surface area contributed by atoms with Crippen molar-refractivity contribution in [3.63, 3.8) is 0 Å². The van der Waals surface area contributed by atoms with Crippen LogP contribution in [0.4, 0.5) is 0 Å². The van der Waals surface area contributed by atoms with Crippen LogP contribution >= 0.6 is 0 Å². The van der Waals surface area contributed by atoms with Crippen LogP contribution in [-0.4, -0.2) is 25.7 Å². The van der Waals surface area contributed by atoms with Gasteiger partial charge in [0.1, 0.15) is 17.8 Å². The molecule has 1 fully saturated rings. The molecule has 0 aliphatic carbocycles. The van der Waals surface area contributed by atoms with E-state index < -0.39 is 24.0 Å². The monoisotopic (exact) mass is 332 g/mol. The van der Waals surface area contributed by atoms with Gasteiger partial charge in [-0.2, -0.15) is 0 Å². The lowest BCUT2D eigenvalue weighted by molar-refractivity contribution is -0.150. The molecular formula is C19H24O5. The van der Waals surface area contributed by atoms with Crippen molar-refractivity contribution < 1.29 is 23.8 Å². The molecule has 1 aromatic rings. The fourth-order valence-corrected chi connectivity index (χ4v) is 2.61. The highest BCUT2D eigenvalue weighted by Crippen LogP contribution is 2.40. The normalized spacial score (nSPS) is 19.6. The van der Waals surface area contributed by atoms with Crippen molar-refractivity contribution in [1.29, 1.82) is 0 Å². The summed E-state index contributed by atoms with van der Waals surface area (Å²) in [7, 11) is 1.55. The van der Waals surface area contributed by atoms with Crippen LogP contribution in [0.15, 0.2) is 35.4 Å². The van der Waals surface area contributed by atoms with E-state index in [0.717, 1.165) is 0 Å². The highest BCUT2D eigenvalue weighted by Gasteiger charge is 2.43. The maximum Gasteiger partial charge on any atom is 0.313 e. The molecule has 1 aliphatic rings. The Balaban J connectivity index is 2.08. The third kappa shape index (κ3) is 4.16. The summed E-state index contributed by atoms with van der Waals surface area (Å²) in [5, 5.41) is 0. The molecule has 0 aromatic heterocycles. The zero-order chi connectivity index (χ0) is 17.7. The average molecular weight is 332 g/mol. The molecular weight excluding hydrogens is 308 g/mol. The lowest BCUT2D eigenvalue weighted by Gasteiger charge is -2.19. The standard InChI is InChI=1S/C19H24O5/c1-12(2)13(3)9-10-23-19(21)15-11-17(20)24-18(15)14-7-5-6-8-16(14)22-4/h5-8,15,18H,9-11H2,1-4H3/t15-,18+/m1/s1. The Morgan fingerprint density at radius 2 is 1.96 bits per heavy atom. The summed E-state index contributed by atoms with van der Waals surface area (Å²) in [5.41, 5.74) is 3.11. The second-order valence-corrected chi connectivity index (χ2v) is 6.16. The van der Waals surface area contributed by atoms with Crippen LogP contribution in [0.1, 0.15) is 45.3 Å². The van der Waals surface area contributed by atoms with E-state index in [9.17, 15) is 9.59 Å². The number of rotatable bonds is 6. The number of benzene rings is 1. The number of carbonyl (C=O) groups is 2. The largest absolute Gasteiger partial charge is 0.496 e. The van der Waals surface area contributed by atoms with Gasteiger partial charge in [0.25, 0.3) is 0 Å². The van der Waals surface area contributed by atoms with Crippen LogP contribution in [0.5, 0.6) is 5.75 Å². The second-order valence-electron chi connectivity index (χ2n) is 6.16. The summed E-state index contributed by atoms with van der Waals surface area (Å²) in [6.07, 6.45) is 0.0589. The van der Waals surface area contributed by atoms with Gasteiger partial charge in [0.15, 0.2) is 0 Å². The third-order valence-electron chi connectivity index (χ3n) is 4.33. The molecule has 1 saturated heterocycles. The minimum absolute atomic E-state index is 0.0309. The van der Waals surface area contributed by atoms with Gasteiger partial charge in [-0.05, 0) is 26.8 Å². The summed E-state index contributed by atoms with van der Waals surface area (Å²) < 4.78 is 16.0. The molecule has 0 saturated carbocycles. The molecule has 0 amide bonds. The highest BCUT2D eigenvalue weighted by molar-refractivity contribution is 5.84. The van der Waals surface area contributed by atoms with Crippen molar-refractivity contribution in [3.05, 3.63) is 41.0 Å². The van der Waals surface area contributed by atoms with Gasteiger partial charge < -0.3 is 14.2 Å². The van der Waals surface area contributed by atoms with Crippen molar-refractivity contribution >= 4 is 11.9 Å². The van der Waals surface area contributed by atoms with Crippen molar-refractivity contribution in [2.75, 3.05) is 13.7 Å². The first-order chi connectivity index (χ1) is 11.4. The number of allylic oxidation sites excluding steroid dienone is 1. The Labute approximate surface area is 142 Å². The van der Waals surface area contributed by atoms with Crippen molar-refractivity contribution in [3.8, 4) is 5.75 Å². The lowest BCUT2D eigenvalue weighted by Crippen LogP contribution is -2.22. The molecule has 1 aromatic carbocycles. The van der Waals surface area contributed by atoms with E-state index in [1.54, 1.807) is 19.2 Å². The number of cyclic esters (lactones) is 1. The van der Waals surface area contributed by atoms with Gasteiger partial charge in [0, 0.05) is 12.0 Å². The molecule has 0 bridgehead atoms. The van der Waals surface area contributed by atoms with E-state index in [1.807, 2.05) is 32.9 Å². The molecule has 0 unspecified atom stereocenters. The Hall–Kier alpha value is -2.30. The fourth-order valence-electron chi connectivity index (χ4n) is 2.61. The minimum atomic E-state index is -0.661. The van der Waals surface area contributed by atoms with Crippen molar-refractivity contribution in [2.45, 2.75) is 39.7 Å². The van der Waals surface area contributed by atoms with Gasteiger partial charge in [0.05, 0.1) is 20.1 Å². The number of ether oxygens (including phenoxy) is 3. The van der Waals surface area contributed by atoms with Gasteiger partial charge in [-0.25, -0.2) is 0 Å². The first-order valence-electron chi connectivity index (χ1n) is 8.06. The van der Waals surface area contributed by atoms with Gasteiger partial charge in [0.2, 0.25) is 0 Å². The molecule has 0 radical (unpaired) electrons. The van der Waals surface area contributed by atoms with Gasteiger partial charge in [-0.15, -0.1) is 0 Å². The maximum absolute atomic E-state index is 12.4. The van der Waals surface area contributed by atoms with E-state index in [-0.39, 0.29) is 6.42 Å². The van der Waals surface area contributed by atoms with E-state index in [1.165, 1.54) is 11.1 Å². The predicted octanol–water partition coefficient (Wildman–Crippen LogP) is 3.59. The van der Waals surface area contributed by atoms with Crippen LogP contribution in [0, 0.1) is 5.92 Å². The van der Waals surface area contributed by atoms with E-state index in [0.29, 0.717) is 24.3 Å². The Morgan fingerprint density at radius 3 is 2.62 bits per heavy atom. The average Bonchev–Trinajstić information content (AvgIpc) is 2.96. The van der Waals surface area contributed by atoms with Crippen LogP contribution < -0.4 is 4.74 Å². The number of methoxy groups -OCH3 is 1. The molecule has 130 valence electrons. The second kappa shape index (κ2) is 7.99. The van der Waals surface area contributed by atoms with E-state index >= 15 is 0 Å². The lowest BCUT2D eigenvalue weighted by atomic mass is 9.94. The summed E-state index contributed by atoms with van der Waals surface area (Å²) in [4.78, 5) is 24.1. The molecule has 24 heavy (non-hydrogen) atoms. The topological polar surface area (TPSA) is 61.8 Å². The Bertz CT molecular complexity index is 643. The zero-order valence-electron chi connectivity index (χ0n) is 14.6. The maximum atomic E-state index is 12.4. The van der Waals surface area contributed by atoms with Crippen LogP contribution in [0.3, 0.4) is 0 Å².